The van der Waals surface area contributed by atoms with Gasteiger partial charge in [-0.25, -0.2) is 9.78 Å². The molecule has 7 heteroatoms. The molecule has 2 heterocycles. The van der Waals surface area contributed by atoms with Gasteiger partial charge < -0.3 is 18.7 Å². The highest BCUT2D eigenvalue weighted by atomic mass is 16.5. The molecule has 176 valence electrons. The molecule has 0 aliphatic carbocycles. The van der Waals surface area contributed by atoms with Gasteiger partial charge in [-0.3, -0.25) is 4.79 Å². The average Bonchev–Trinajstić information content (AvgIpc) is 3.42. The summed E-state index contributed by atoms with van der Waals surface area (Å²) in [5.74, 6) is 1.10. The number of carboxylic acids is 1. The topological polar surface area (TPSA) is 103 Å². The van der Waals surface area contributed by atoms with Gasteiger partial charge in [0, 0.05) is 35.1 Å². The molecule has 0 fully saturated rings. The van der Waals surface area contributed by atoms with E-state index >= 15 is 0 Å². The van der Waals surface area contributed by atoms with Crippen LogP contribution < -0.4 is 4.74 Å². The SMILES string of the molecule is CC(C)c1oc(-c2occ3ccccc23)nc1CCC(=O)c1ccc(OC(C)(C)C(=O)O)cc1. The number of oxazole rings is 1. The molecule has 0 amide bonds. The number of ether oxygens (including phenoxy) is 1. The number of aromatic nitrogens is 1. The monoisotopic (exact) mass is 461 g/mol. The van der Waals surface area contributed by atoms with E-state index in [2.05, 4.69) is 4.98 Å². The Morgan fingerprint density at radius 1 is 1.09 bits per heavy atom. The van der Waals surface area contributed by atoms with Crippen molar-refractivity contribution in [2.75, 3.05) is 0 Å². The largest absolute Gasteiger partial charge is 0.478 e. The Labute approximate surface area is 197 Å². The molecule has 34 heavy (non-hydrogen) atoms. The van der Waals surface area contributed by atoms with E-state index in [-0.39, 0.29) is 18.1 Å². The molecular formula is C27H27NO6. The molecule has 1 N–H and O–H groups in total. The van der Waals surface area contributed by atoms with Gasteiger partial charge in [-0.05, 0) is 38.1 Å². The number of benzene rings is 2. The zero-order chi connectivity index (χ0) is 24.5. The van der Waals surface area contributed by atoms with E-state index < -0.39 is 11.6 Å². The number of carbonyl (C=O) groups is 2. The number of Topliss-reactive ketones (excluding diaryl/α,β-unsaturated/α-hetero) is 1. The summed E-state index contributed by atoms with van der Waals surface area (Å²) in [6, 6.07) is 14.3. The normalized spacial score (nSPS) is 11.8. The van der Waals surface area contributed by atoms with Gasteiger partial charge in [-0.15, -0.1) is 0 Å². The van der Waals surface area contributed by atoms with Crippen LogP contribution in [0.15, 0.2) is 63.6 Å². The van der Waals surface area contributed by atoms with Crippen molar-refractivity contribution in [2.24, 2.45) is 0 Å². The number of furan rings is 1. The molecule has 0 aliphatic heterocycles. The van der Waals surface area contributed by atoms with Crippen molar-refractivity contribution in [3.63, 3.8) is 0 Å². The van der Waals surface area contributed by atoms with Crippen LogP contribution in [0.1, 0.15) is 61.8 Å². The Morgan fingerprint density at radius 3 is 2.47 bits per heavy atom. The molecule has 0 saturated heterocycles. The van der Waals surface area contributed by atoms with Gasteiger partial charge in [0.05, 0.1) is 12.0 Å². The lowest BCUT2D eigenvalue weighted by molar-refractivity contribution is -0.152. The van der Waals surface area contributed by atoms with Crippen molar-refractivity contribution in [1.82, 2.24) is 4.98 Å². The smallest absolute Gasteiger partial charge is 0.347 e. The lowest BCUT2D eigenvalue weighted by Crippen LogP contribution is -2.37. The third-order valence-electron chi connectivity index (χ3n) is 5.61. The minimum atomic E-state index is -1.36. The highest BCUT2D eigenvalue weighted by Gasteiger charge is 2.29. The number of hydrogen-bond acceptors (Lipinski definition) is 6. The zero-order valence-electron chi connectivity index (χ0n) is 19.6. The number of carbonyl (C=O) groups excluding carboxylic acids is 1. The number of ketones is 1. The molecule has 7 nitrogen and oxygen atoms in total. The van der Waals surface area contributed by atoms with Crippen molar-refractivity contribution < 1.29 is 28.3 Å². The summed E-state index contributed by atoms with van der Waals surface area (Å²) in [4.78, 5) is 28.7. The van der Waals surface area contributed by atoms with Crippen LogP contribution in [0, 0.1) is 0 Å². The summed E-state index contributed by atoms with van der Waals surface area (Å²) in [5.41, 5.74) is -0.0998. The summed E-state index contributed by atoms with van der Waals surface area (Å²) >= 11 is 0. The molecule has 0 saturated carbocycles. The van der Waals surface area contributed by atoms with E-state index in [4.69, 9.17) is 13.6 Å². The van der Waals surface area contributed by atoms with Gasteiger partial charge in [-0.1, -0.05) is 38.1 Å². The van der Waals surface area contributed by atoms with Crippen LogP contribution in [-0.4, -0.2) is 27.4 Å². The van der Waals surface area contributed by atoms with Crippen LogP contribution >= 0.6 is 0 Å². The van der Waals surface area contributed by atoms with Gasteiger partial charge in [0.15, 0.2) is 17.1 Å². The summed E-state index contributed by atoms with van der Waals surface area (Å²) in [6.07, 6.45) is 2.36. The van der Waals surface area contributed by atoms with Crippen molar-refractivity contribution in [3.8, 4) is 17.4 Å². The van der Waals surface area contributed by atoms with Crippen molar-refractivity contribution in [2.45, 2.75) is 52.1 Å². The summed E-state index contributed by atoms with van der Waals surface area (Å²) < 4.78 is 17.3. The third-order valence-corrected chi connectivity index (χ3v) is 5.61. The molecule has 0 radical (unpaired) electrons. The van der Waals surface area contributed by atoms with Crippen LogP contribution in [0.3, 0.4) is 0 Å². The fourth-order valence-electron chi connectivity index (χ4n) is 3.67. The maximum Gasteiger partial charge on any atom is 0.347 e. The van der Waals surface area contributed by atoms with E-state index in [9.17, 15) is 14.7 Å². The Balaban J connectivity index is 1.49. The van der Waals surface area contributed by atoms with Crippen molar-refractivity contribution >= 4 is 22.5 Å². The lowest BCUT2D eigenvalue weighted by atomic mass is 10.0. The van der Waals surface area contributed by atoms with Gasteiger partial charge in [0.1, 0.15) is 11.5 Å². The summed E-state index contributed by atoms with van der Waals surface area (Å²) in [7, 11) is 0. The van der Waals surface area contributed by atoms with Gasteiger partial charge >= 0.3 is 5.97 Å². The molecule has 0 bridgehead atoms. The highest BCUT2D eigenvalue weighted by Crippen LogP contribution is 2.33. The fourth-order valence-corrected chi connectivity index (χ4v) is 3.67. The first kappa shape index (κ1) is 23.3. The minimum Gasteiger partial charge on any atom is -0.478 e. The Kier molecular flexibility index (Phi) is 6.28. The van der Waals surface area contributed by atoms with Gasteiger partial charge in [0.25, 0.3) is 5.89 Å². The Morgan fingerprint density at radius 2 is 1.79 bits per heavy atom. The molecule has 0 aliphatic rings. The molecule has 2 aromatic carbocycles. The van der Waals surface area contributed by atoms with Crippen molar-refractivity contribution in [3.05, 3.63) is 71.8 Å². The van der Waals surface area contributed by atoms with E-state index in [0.29, 0.717) is 29.4 Å². The molecule has 4 rings (SSSR count). The predicted molar refractivity (Wildman–Crippen MR) is 127 cm³/mol. The standard InChI is InChI=1S/C27H27NO6/c1-16(2)23-21(28-25(33-23)24-20-8-6-5-7-18(20)15-32-24)13-14-22(29)17-9-11-19(12-10-17)34-27(3,4)26(30)31/h5-12,15-16H,13-14H2,1-4H3,(H,30,31). The predicted octanol–water partition coefficient (Wildman–Crippen LogP) is 6.27. The second-order valence-electron chi connectivity index (χ2n) is 9.00. The Hall–Kier alpha value is -3.87. The Bertz CT molecular complexity index is 1330. The highest BCUT2D eigenvalue weighted by molar-refractivity contribution is 5.96. The number of aliphatic carboxylic acids is 1. The van der Waals surface area contributed by atoms with Crippen LogP contribution in [0.2, 0.25) is 0 Å². The molecule has 0 atom stereocenters. The van der Waals surface area contributed by atoms with Crippen LogP contribution in [0.5, 0.6) is 5.75 Å². The second-order valence-corrected chi connectivity index (χ2v) is 9.00. The summed E-state index contributed by atoms with van der Waals surface area (Å²) in [6.45, 7) is 6.98. The number of rotatable bonds is 9. The number of hydrogen-bond donors (Lipinski definition) is 1. The molecule has 2 aromatic heterocycles. The minimum absolute atomic E-state index is 0.0493. The van der Waals surface area contributed by atoms with Gasteiger partial charge in [-0.2, -0.15) is 0 Å². The maximum absolute atomic E-state index is 12.8. The number of carboxylic acid groups (broad SMARTS) is 1. The first-order valence-corrected chi connectivity index (χ1v) is 11.2. The summed E-state index contributed by atoms with van der Waals surface area (Å²) in [5, 5.41) is 11.1. The molecular weight excluding hydrogens is 434 g/mol. The molecule has 4 aromatic rings. The quantitative estimate of drug-likeness (QED) is 0.293. The van der Waals surface area contributed by atoms with E-state index in [0.717, 1.165) is 22.2 Å². The average molecular weight is 462 g/mol. The first-order chi connectivity index (χ1) is 16.2. The number of nitrogens with zero attached hydrogens (tertiary/aromatic N) is 1. The van der Waals surface area contributed by atoms with E-state index in [1.54, 1.807) is 30.5 Å². The van der Waals surface area contributed by atoms with E-state index in [1.807, 2.05) is 38.1 Å². The molecule has 0 unspecified atom stereocenters. The fraction of sp³-hybridized carbons (Fsp3) is 0.296. The first-order valence-electron chi connectivity index (χ1n) is 11.2. The second kappa shape index (κ2) is 9.17. The lowest BCUT2D eigenvalue weighted by Gasteiger charge is -2.21. The maximum atomic E-state index is 12.8. The van der Waals surface area contributed by atoms with Gasteiger partial charge in [0.2, 0.25) is 0 Å². The number of aryl methyl sites for hydroxylation is 1. The van der Waals surface area contributed by atoms with Crippen LogP contribution in [0.4, 0.5) is 0 Å². The number of fused-ring (bicyclic) bond motifs is 1. The van der Waals surface area contributed by atoms with Crippen LogP contribution in [0.25, 0.3) is 22.4 Å². The van der Waals surface area contributed by atoms with E-state index in [1.165, 1.54) is 13.8 Å². The van der Waals surface area contributed by atoms with Crippen LogP contribution in [-0.2, 0) is 11.2 Å². The zero-order valence-corrected chi connectivity index (χ0v) is 19.6. The molecule has 0 spiro atoms. The van der Waals surface area contributed by atoms with Crippen molar-refractivity contribution in [1.29, 1.82) is 0 Å². The third kappa shape index (κ3) is 4.73.